The van der Waals surface area contributed by atoms with Gasteiger partial charge in [0.25, 0.3) is 0 Å². The largest absolute Gasteiger partial charge is 0.348 e. The van der Waals surface area contributed by atoms with Crippen molar-refractivity contribution in [1.82, 2.24) is 0 Å². The Kier molecular flexibility index (Phi) is 5.02. The van der Waals surface area contributed by atoms with Crippen molar-refractivity contribution in [3.05, 3.63) is 57.6 Å². The van der Waals surface area contributed by atoms with E-state index in [1.807, 2.05) is 0 Å². The topological polar surface area (TPSA) is 6.48 Å². The molecule has 0 amide bonds. The molecule has 0 aliphatic carbocycles. The van der Waals surface area contributed by atoms with Crippen LogP contribution in [0.5, 0.6) is 0 Å². The quantitative estimate of drug-likeness (QED) is 0.676. The van der Waals surface area contributed by atoms with Crippen molar-refractivity contribution in [2.75, 3.05) is 28.8 Å². The van der Waals surface area contributed by atoms with Crippen LogP contribution in [0.1, 0.15) is 33.4 Å². The summed E-state index contributed by atoms with van der Waals surface area (Å²) in [4.78, 5) is 4.99. The van der Waals surface area contributed by atoms with E-state index in [9.17, 15) is 0 Å². The molecule has 3 heteroatoms. The Labute approximate surface area is 157 Å². The minimum Gasteiger partial charge on any atom is -0.348 e. The fourth-order valence-corrected chi connectivity index (χ4v) is 4.95. The van der Waals surface area contributed by atoms with Crippen LogP contribution in [0.2, 0.25) is 0 Å². The first kappa shape index (κ1) is 18.1. The second-order valence-corrected chi connectivity index (χ2v) is 7.82. The molecule has 1 heterocycles. The van der Waals surface area contributed by atoms with E-state index in [-0.39, 0.29) is 6.17 Å². The van der Waals surface area contributed by atoms with Crippen molar-refractivity contribution in [2.24, 2.45) is 0 Å². The number of anilines is 2. The minimum atomic E-state index is 0.196. The van der Waals surface area contributed by atoms with Gasteiger partial charge in [-0.3, -0.25) is 0 Å². The maximum absolute atomic E-state index is 6.49. The SMILES string of the molecule is Cc1cc(C)c(N2CCN(c3c(C)cc(C)cc3C)C2CCl)c(C)c1. The van der Waals surface area contributed by atoms with E-state index in [1.54, 1.807) is 0 Å². The number of nitrogens with zero attached hydrogens (tertiary/aromatic N) is 2. The van der Waals surface area contributed by atoms with Gasteiger partial charge in [0.05, 0.1) is 5.88 Å². The molecule has 1 aliphatic rings. The van der Waals surface area contributed by atoms with Crippen molar-refractivity contribution in [1.29, 1.82) is 0 Å². The molecular formula is C22H29ClN2. The van der Waals surface area contributed by atoms with Gasteiger partial charge in [-0.25, -0.2) is 0 Å². The minimum absolute atomic E-state index is 0.196. The van der Waals surface area contributed by atoms with Gasteiger partial charge in [0, 0.05) is 24.5 Å². The van der Waals surface area contributed by atoms with Crippen LogP contribution in [0.4, 0.5) is 11.4 Å². The number of alkyl halides is 1. The molecule has 2 aromatic rings. The molecule has 0 saturated carbocycles. The van der Waals surface area contributed by atoms with Gasteiger partial charge in [0.1, 0.15) is 6.17 Å². The molecule has 0 radical (unpaired) electrons. The highest BCUT2D eigenvalue weighted by Gasteiger charge is 2.34. The Morgan fingerprint density at radius 2 is 1.04 bits per heavy atom. The lowest BCUT2D eigenvalue weighted by molar-refractivity contribution is 0.732. The Hall–Kier alpha value is -1.67. The first-order chi connectivity index (χ1) is 11.8. The van der Waals surface area contributed by atoms with Crippen LogP contribution in [-0.4, -0.2) is 25.1 Å². The fraction of sp³-hybridized carbons (Fsp3) is 0.455. The molecule has 0 spiro atoms. The zero-order valence-electron chi connectivity index (χ0n) is 16.3. The van der Waals surface area contributed by atoms with Crippen LogP contribution in [0, 0.1) is 41.5 Å². The van der Waals surface area contributed by atoms with E-state index >= 15 is 0 Å². The lowest BCUT2D eigenvalue weighted by atomic mass is 10.0. The van der Waals surface area contributed by atoms with Gasteiger partial charge < -0.3 is 9.80 Å². The van der Waals surface area contributed by atoms with E-state index in [2.05, 4.69) is 75.6 Å². The number of halogens is 1. The zero-order chi connectivity index (χ0) is 18.3. The highest BCUT2D eigenvalue weighted by Crippen LogP contribution is 2.36. The third kappa shape index (κ3) is 3.25. The van der Waals surface area contributed by atoms with Crippen molar-refractivity contribution in [3.8, 4) is 0 Å². The Morgan fingerprint density at radius 1 is 0.720 bits per heavy atom. The van der Waals surface area contributed by atoms with Crippen LogP contribution >= 0.6 is 11.6 Å². The van der Waals surface area contributed by atoms with Crippen LogP contribution in [-0.2, 0) is 0 Å². The van der Waals surface area contributed by atoms with Gasteiger partial charge >= 0.3 is 0 Å². The van der Waals surface area contributed by atoms with Gasteiger partial charge in [-0.15, -0.1) is 11.6 Å². The van der Waals surface area contributed by atoms with Gasteiger partial charge in [-0.05, 0) is 63.8 Å². The number of hydrogen-bond donors (Lipinski definition) is 0. The summed E-state index contributed by atoms with van der Waals surface area (Å²) in [6, 6.07) is 9.11. The van der Waals surface area contributed by atoms with E-state index in [0.29, 0.717) is 5.88 Å². The highest BCUT2D eigenvalue weighted by molar-refractivity contribution is 6.18. The summed E-state index contributed by atoms with van der Waals surface area (Å²) in [6.07, 6.45) is 0.196. The van der Waals surface area contributed by atoms with Gasteiger partial charge in [-0.2, -0.15) is 0 Å². The first-order valence-electron chi connectivity index (χ1n) is 9.08. The maximum Gasteiger partial charge on any atom is 0.115 e. The summed E-state index contributed by atoms with van der Waals surface area (Å²) in [5.74, 6) is 0.597. The first-order valence-corrected chi connectivity index (χ1v) is 9.62. The predicted molar refractivity (Wildman–Crippen MR) is 111 cm³/mol. The normalized spacial score (nSPS) is 15.3. The summed E-state index contributed by atoms with van der Waals surface area (Å²) >= 11 is 6.49. The van der Waals surface area contributed by atoms with E-state index < -0.39 is 0 Å². The van der Waals surface area contributed by atoms with Crippen LogP contribution in [0.15, 0.2) is 24.3 Å². The number of hydrogen-bond acceptors (Lipinski definition) is 2. The number of benzene rings is 2. The van der Waals surface area contributed by atoms with E-state index in [4.69, 9.17) is 11.6 Å². The summed E-state index contributed by atoms with van der Waals surface area (Å²) < 4.78 is 0. The molecule has 0 unspecified atom stereocenters. The van der Waals surface area contributed by atoms with E-state index in [1.165, 1.54) is 44.8 Å². The average molecular weight is 357 g/mol. The third-order valence-electron chi connectivity index (χ3n) is 5.28. The number of rotatable bonds is 3. The molecule has 3 rings (SSSR count). The molecule has 0 N–H and O–H groups in total. The molecule has 2 aromatic carbocycles. The van der Waals surface area contributed by atoms with Crippen molar-refractivity contribution < 1.29 is 0 Å². The Morgan fingerprint density at radius 3 is 1.32 bits per heavy atom. The fourth-order valence-electron chi connectivity index (χ4n) is 4.62. The maximum atomic E-state index is 6.49. The van der Waals surface area contributed by atoms with Crippen LogP contribution in [0.3, 0.4) is 0 Å². The standard InChI is InChI=1S/C22H29ClN2/c1-14-9-16(3)21(17(4)10-14)24-7-8-25(20(24)13-23)22-18(5)11-15(2)12-19(22)6/h9-12,20H,7-8,13H2,1-6H3. The molecule has 2 nitrogen and oxygen atoms in total. The molecule has 1 fully saturated rings. The summed E-state index contributed by atoms with van der Waals surface area (Å²) in [7, 11) is 0. The van der Waals surface area contributed by atoms with Crippen LogP contribution in [0.25, 0.3) is 0 Å². The van der Waals surface area contributed by atoms with Crippen molar-refractivity contribution in [3.63, 3.8) is 0 Å². The second kappa shape index (κ2) is 6.92. The van der Waals surface area contributed by atoms with Gasteiger partial charge in [0.15, 0.2) is 0 Å². The number of aryl methyl sites for hydroxylation is 6. The lowest BCUT2D eigenvalue weighted by Crippen LogP contribution is -2.41. The zero-order valence-corrected chi connectivity index (χ0v) is 17.0. The molecule has 134 valence electrons. The summed E-state index contributed by atoms with van der Waals surface area (Å²) in [6.45, 7) is 15.2. The summed E-state index contributed by atoms with van der Waals surface area (Å²) in [5, 5.41) is 0. The van der Waals surface area contributed by atoms with Crippen molar-refractivity contribution >= 4 is 23.0 Å². The second-order valence-electron chi connectivity index (χ2n) is 7.52. The smallest absolute Gasteiger partial charge is 0.115 e. The monoisotopic (exact) mass is 356 g/mol. The molecule has 1 aliphatic heterocycles. The van der Waals surface area contributed by atoms with Gasteiger partial charge in [0.2, 0.25) is 0 Å². The van der Waals surface area contributed by atoms with Gasteiger partial charge in [-0.1, -0.05) is 35.4 Å². The third-order valence-corrected chi connectivity index (χ3v) is 5.56. The molecular weight excluding hydrogens is 328 g/mol. The molecule has 0 bridgehead atoms. The molecule has 0 aromatic heterocycles. The van der Waals surface area contributed by atoms with Crippen LogP contribution < -0.4 is 9.80 Å². The molecule has 25 heavy (non-hydrogen) atoms. The predicted octanol–water partition coefficient (Wildman–Crippen LogP) is 5.43. The molecule has 0 atom stereocenters. The lowest BCUT2D eigenvalue weighted by Gasteiger charge is -2.34. The highest BCUT2D eigenvalue weighted by atomic mass is 35.5. The van der Waals surface area contributed by atoms with Crippen molar-refractivity contribution in [2.45, 2.75) is 47.7 Å². The summed E-state index contributed by atoms with van der Waals surface area (Å²) in [5.41, 5.74) is 10.7. The average Bonchev–Trinajstić information content (AvgIpc) is 2.88. The van der Waals surface area contributed by atoms with E-state index in [0.717, 1.165) is 13.1 Å². The Bertz CT molecular complexity index is 685. The molecule has 1 saturated heterocycles. The Balaban J connectivity index is 2.03.